The number of hydrogen-bond acceptors (Lipinski definition) is 3. The Bertz CT molecular complexity index is 749. The van der Waals surface area contributed by atoms with Gasteiger partial charge in [0, 0.05) is 18.7 Å². The predicted octanol–water partition coefficient (Wildman–Crippen LogP) is 4.24. The number of amides is 2. The fourth-order valence-corrected chi connectivity index (χ4v) is 2.51. The molecule has 0 heterocycles. The molecule has 0 saturated heterocycles. The van der Waals surface area contributed by atoms with Gasteiger partial charge < -0.3 is 15.4 Å². The fraction of sp³-hybridized carbons (Fsp3) is 0.364. The summed E-state index contributed by atoms with van der Waals surface area (Å²) in [5, 5.41) is 5.66. The van der Waals surface area contributed by atoms with Gasteiger partial charge in [0.05, 0.1) is 0 Å². The fourth-order valence-electron chi connectivity index (χ4n) is 2.51. The van der Waals surface area contributed by atoms with Crippen LogP contribution >= 0.6 is 0 Å². The van der Waals surface area contributed by atoms with Gasteiger partial charge in [-0.15, -0.1) is 0 Å². The van der Waals surface area contributed by atoms with E-state index in [0.717, 1.165) is 5.56 Å². The molecule has 0 aliphatic carbocycles. The third-order valence-corrected chi connectivity index (χ3v) is 3.99. The van der Waals surface area contributed by atoms with Crippen LogP contribution in [-0.2, 0) is 11.3 Å². The number of rotatable bonds is 6. The number of benzene rings is 2. The van der Waals surface area contributed by atoms with E-state index in [1.807, 2.05) is 51.1 Å². The maximum absolute atomic E-state index is 12.3. The lowest BCUT2D eigenvalue weighted by atomic mass is 10.0. The van der Waals surface area contributed by atoms with Crippen LogP contribution in [0.1, 0.15) is 55.1 Å². The van der Waals surface area contributed by atoms with Crippen LogP contribution in [0.3, 0.4) is 0 Å². The first kappa shape index (κ1) is 20.5. The average molecular weight is 368 g/mol. The smallest absolute Gasteiger partial charge is 0.407 e. The molecule has 0 fully saturated rings. The summed E-state index contributed by atoms with van der Waals surface area (Å²) in [6.07, 6.45) is -0.459. The van der Waals surface area contributed by atoms with Crippen molar-refractivity contribution in [2.45, 2.75) is 45.8 Å². The molecule has 2 amide bonds. The van der Waals surface area contributed by atoms with Crippen molar-refractivity contribution in [3.8, 4) is 0 Å². The van der Waals surface area contributed by atoms with Crippen LogP contribution in [0.2, 0.25) is 0 Å². The quantitative estimate of drug-likeness (QED) is 0.801. The molecule has 0 aliphatic heterocycles. The van der Waals surface area contributed by atoms with Gasteiger partial charge in [0.2, 0.25) is 0 Å². The summed E-state index contributed by atoms with van der Waals surface area (Å²) in [5.74, 6) is 0.136. The predicted molar refractivity (Wildman–Crippen MR) is 107 cm³/mol. The Morgan fingerprint density at radius 3 is 2.19 bits per heavy atom. The van der Waals surface area contributed by atoms with Crippen LogP contribution in [-0.4, -0.2) is 24.1 Å². The van der Waals surface area contributed by atoms with E-state index < -0.39 is 11.7 Å². The second-order valence-corrected chi connectivity index (χ2v) is 7.57. The van der Waals surface area contributed by atoms with Crippen LogP contribution in [0, 0.1) is 0 Å². The van der Waals surface area contributed by atoms with Gasteiger partial charge in [-0.1, -0.05) is 49.4 Å². The topological polar surface area (TPSA) is 67.4 Å². The summed E-state index contributed by atoms with van der Waals surface area (Å²) in [6, 6.07) is 17.3. The number of alkyl carbamates (subject to hydrolysis) is 1. The second-order valence-electron chi connectivity index (χ2n) is 7.57. The van der Waals surface area contributed by atoms with E-state index in [2.05, 4.69) is 29.7 Å². The largest absolute Gasteiger partial charge is 0.444 e. The van der Waals surface area contributed by atoms with Gasteiger partial charge in [-0.2, -0.15) is 0 Å². The number of carbonyl (C=O) groups excluding carboxylic acids is 2. The van der Waals surface area contributed by atoms with Gasteiger partial charge >= 0.3 is 6.09 Å². The SMILES string of the molecule is C[C@H](CNC(=O)c1ccc(CNC(=O)OC(C)(C)C)cc1)c1ccccc1. The molecule has 0 aliphatic rings. The van der Waals surface area contributed by atoms with E-state index in [4.69, 9.17) is 4.74 Å². The van der Waals surface area contributed by atoms with Crippen LogP contribution < -0.4 is 10.6 Å². The highest BCUT2D eigenvalue weighted by Gasteiger charge is 2.15. The molecule has 5 nitrogen and oxygen atoms in total. The summed E-state index contributed by atoms with van der Waals surface area (Å²) in [6.45, 7) is 8.46. The van der Waals surface area contributed by atoms with Crippen LogP contribution in [0.15, 0.2) is 54.6 Å². The molecule has 0 spiro atoms. The highest BCUT2D eigenvalue weighted by Crippen LogP contribution is 2.13. The third-order valence-electron chi connectivity index (χ3n) is 3.99. The molecular formula is C22H28N2O3. The number of carbonyl (C=O) groups is 2. The van der Waals surface area contributed by atoms with E-state index in [1.54, 1.807) is 12.1 Å². The van der Waals surface area contributed by atoms with Gasteiger partial charge in [0.1, 0.15) is 5.60 Å². The Balaban J connectivity index is 1.82. The molecule has 1 atom stereocenters. The van der Waals surface area contributed by atoms with Gasteiger partial charge in [0.15, 0.2) is 0 Å². The average Bonchev–Trinajstić information content (AvgIpc) is 2.64. The van der Waals surface area contributed by atoms with Crippen molar-refractivity contribution >= 4 is 12.0 Å². The molecule has 2 aromatic carbocycles. The van der Waals surface area contributed by atoms with Gasteiger partial charge in [0.25, 0.3) is 5.91 Å². The Labute approximate surface area is 161 Å². The van der Waals surface area contributed by atoms with Gasteiger partial charge in [-0.3, -0.25) is 4.79 Å². The summed E-state index contributed by atoms with van der Waals surface area (Å²) < 4.78 is 5.20. The van der Waals surface area contributed by atoms with Gasteiger partial charge in [-0.05, 0) is 49.9 Å². The Morgan fingerprint density at radius 1 is 0.963 bits per heavy atom. The first-order valence-electron chi connectivity index (χ1n) is 9.13. The van der Waals surface area contributed by atoms with E-state index in [-0.39, 0.29) is 11.8 Å². The molecular weight excluding hydrogens is 340 g/mol. The minimum atomic E-state index is -0.525. The minimum absolute atomic E-state index is 0.107. The lowest BCUT2D eigenvalue weighted by Crippen LogP contribution is -2.32. The minimum Gasteiger partial charge on any atom is -0.444 e. The molecule has 0 saturated carbocycles. The summed E-state index contributed by atoms with van der Waals surface area (Å²) in [5.41, 5.74) is 2.16. The zero-order valence-electron chi connectivity index (χ0n) is 16.4. The third kappa shape index (κ3) is 7.13. The first-order chi connectivity index (χ1) is 12.7. The second kappa shape index (κ2) is 9.21. The molecule has 0 unspecified atom stereocenters. The van der Waals surface area contributed by atoms with Crippen molar-refractivity contribution in [1.29, 1.82) is 0 Å². The number of hydrogen-bond donors (Lipinski definition) is 2. The molecule has 0 radical (unpaired) electrons. The monoisotopic (exact) mass is 368 g/mol. The highest BCUT2D eigenvalue weighted by atomic mass is 16.6. The Kier molecular flexibility index (Phi) is 6.99. The molecule has 2 N–H and O–H groups in total. The van der Waals surface area contributed by atoms with E-state index in [9.17, 15) is 9.59 Å². The summed E-state index contributed by atoms with van der Waals surface area (Å²) in [7, 11) is 0. The standard InChI is InChI=1S/C22H28N2O3/c1-16(18-8-6-5-7-9-18)14-23-20(25)19-12-10-17(11-13-19)15-24-21(26)27-22(2,3)4/h5-13,16H,14-15H2,1-4H3,(H,23,25)(H,24,26)/t16-/m1/s1. The lowest BCUT2D eigenvalue weighted by Gasteiger charge is -2.19. The van der Waals surface area contributed by atoms with Crippen LogP contribution in [0.4, 0.5) is 4.79 Å². The zero-order chi connectivity index (χ0) is 19.9. The first-order valence-corrected chi connectivity index (χ1v) is 9.13. The maximum atomic E-state index is 12.3. The summed E-state index contributed by atoms with van der Waals surface area (Å²) >= 11 is 0. The summed E-state index contributed by atoms with van der Waals surface area (Å²) in [4.78, 5) is 24.0. The lowest BCUT2D eigenvalue weighted by molar-refractivity contribution is 0.0523. The molecule has 144 valence electrons. The molecule has 2 aromatic rings. The van der Waals surface area contributed by atoms with Crippen molar-refractivity contribution < 1.29 is 14.3 Å². The zero-order valence-corrected chi connectivity index (χ0v) is 16.4. The van der Waals surface area contributed by atoms with Gasteiger partial charge in [-0.25, -0.2) is 4.79 Å². The molecule has 2 rings (SSSR count). The molecule has 0 aromatic heterocycles. The van der Waals surface area contributed by atoms with Crippen LogP contribution in [0.5, 0.6) is 0 Å². The van der Waals surface area contributed by atoms with Crippen molar-refractivity contribution in [2.75, 3.05) is 6.54 Å². The molecule has 5 heteroatoms. The van der Waals surface area contributed by atoms with E-state index >= 15 is 0 Å². The molecule has 27 heavy (non-hydrogen) atoms. The van der Waals surface area contributed by atoms with Crippen molar-refractivity contribution in [3.63, 3.8) is 0 Å². The van der Waals surface area contributed by atoms with E-state index in [0.29, 0.717) is 18.7 Å². The molecule has 0 bridgehead atoms. The Morgan fingerprint density at radius 2 is 1.59 bits per heavy atom. The van der Waals surface area contributed by atoms with Crippen molar-refractivity contribution in [1.82, 2.24) is 10.6 Å². The van der Waals surface area contributed by atoms with Crippen molar-refractivity contribution in [3.05, 3.63) is 71.3 Å². The number of ether oxygens (including phenoxy) is 1. The van der Waals surface area contributed by atoms with Crippen LogP contribution in [0.25, 0.3) is 0 Å². The maximum Gasteiger partial charge on any atom is 0.407 e. The Hall–Kier alpha value is -2.82. The van der Waals surface area contributed by atoms with Crippen molar-refractivity contribution in [2.24, 2.45) is 0 Å². The normalized spacial score (nSPS) is 12.1. The van der Waals surface area contributed by atoms with E-state index in [1.165, 1.54) is 5.56 Å². The highest BCUT2D eigenvalue weighted by molar-refractivity contribution is 5.94. The number of nitrogens with one attached hydrogen (secondary N) is 2.